The third-order valence-corrected chi connectivity index (χ3v) is 5.55. The van der Waals surface area contributed by atoms with E-state index in [2.05, 4.69) is 21.8 Å². The van der Waals surface area contributed by atoms with Crippen LogP contribution in [0.1, 0.15) is 31.4 Å². The number of oxazole rings is 1. The van der Waals surface area contributed by atoms with Crippen LogP contribution < -0.4 is 0 Å². The predicted molar refractivity (Wildman–Crippen MR) is 96.0 cm³/mol. The standard InChI is InChI=1S/C20H25N3O2/c1-22-11-5-9-17(22)18-10-6-12-23(18)19(24)13-16-14-25-20(21-16)15-7-3-2-4-8-15/h2-4,7-8,14,17-18H,5-6,9-13H2,1H3. The van der Waals surface area contributed by atoms with Gasteiger partial charge in [-0.25, -0.2) is 4.98 Å². The van der Waals surface area contributed by atoms with E-state index in [1.807, 2.05) is 30.3 Å². The molecule has 2 saturated heterocycles. The second-order valence-electron chi connectivity index (χ2n) is 7.17. The SMILES string of the molecule is CN1CCCC1C1CCCN1C(=O)Cc1coc(-c2ccccc2)n1. The Bertz CT molecular complexity index is 728. The first kappa shape index (κ1) is 16.3. The van der Waals surface area contributed by atoms with E-state index in [0.29, 0.717) is 30.1 Å². The maximum atomic E-state index is 12.9. The summed E-state index contributed by atoms with van der Waals surface area (Å²) < 4.78 is 5.57. The largest absolute Gasteiger partial charge is 0.444 e. The number of hydrogen-bond acceptors (Lipinski definition) is 4. The van der Waals surface area contributed by atoms with Gasteiger partial charge in [0, 0.05) is 24.2 Å². The van der Waals surface area contributed by atoms with Crippen LogP contribution in [0.4, 0.5) is 0 Å². The Morgan fingerprint density at radius 1 is 1.16 bits per heavy atom. The second-order valence-corrected chi connectivity index (χ2v) is 7.17. The lowest BCUT2D eigenvalue weighted by atomic mass is 10.0. The molecular formula is C20H25N3O2. The lowest BCUT2D eigenvalue weighted by Crippen LogP contribution is -2.47. The van der Waals surface area contributed by atoms with E-state index in [1.54, 1.807) is 6.26 Å². The molecule has 25 heavy (non-hydrogen) atoms. The molecule has 132 valence electrons. The van der Waals surface area contributed by atoms with E-state index in [1.165, 1.54) is 12.8 Å². The molecule has 2 aliphatic heterocycles. The third-order valence-electron chi connectivity index (χ3n) is 5.55. The quantitative estimate of drug-likeness (QED) is 0.859. The minimum atomic E-state index is 0.177. The average molecular weight is 339 g/mol. The Hall–Kier alpha value is -2.14. The van der Waals surface area contributed by atoms with Crippen LogP contribution >= 0.6 is 0 Å². The number of likely N-dealkylation sites (tertiary alicyclic amines) is 2. The summed E-state index contributed by atoms with van der Waals surface area (Å²) in [6, 6.07) is 10.7. The van der Waals surface area contributed by atoms with Crippen molar-refractivity contribution in [2.45, 2.75) is 44.2 Å². The lowest BCUT2D eigenvalue weighted by molar-refractivity contribution is -0.132. The maximum absolute atomic E-state index is 12.9. The molecule has 2 fully saturated rings. The van der Waals surface area contributed by atoms with Crippen LogP contribution in [0.2, 0.25) is 0 Å². The lowest BCUT2D eigenvalue weighted by Gasteiger charge is -2.33. The third kappa shape index (κ3) is 3.33. The molecule has 0 bridgehead atoms. The van der Waals surface area contributed by atoms with Crippen molar-refractivity contribution < 1.29 is 9.21 Å². The zero-order valence-electron chi connectivity index (χ0n) is 14.7. The molecule has 0 N–H and O–H groups in total. The Balaban J connectivity index is 1.44. The highest BCUT2D eigenvalue weighted by Crippen LogP contribution is 2.29. The Morgan fingerprint density at radius 3 is 2.68 bits per heavy atom. The van der Waals surface area contributed by atoms with Gasteiger partial charge in [-0.3, -0.25) is 4.79 Å². The van der Waals surface area contributed by atoms with Gasteiger partial charge in [-0.1, -0.05) is 18.2 Å². The minimum Gasteiger partial charge on any atom is -0.444 e. The zero-order valence-corrected chi connectivity index (χ0v) is 14.7. The van der Waals surface area contributed by atoms with E-state index in [0.717, 1.165) is 31.5 Å². The van der Waals surface area contributed by atoms with Crippen LogP contribution in [0.5, 0.6) is 0 Å². The monoisotopic (exact) mass is 339 g/mol. The van der Waals surface area contributed by atoms with E-state index in [-0.39, 0.29) is 5.91 Å². The highest BCUT2D eigenvalue weighted by atomic mass is 16.3. The van der Waals surface area contributed by atoms with Crippen molar-refractivity contribution in [3.8, 4) is 11.5 Å². The molecular weight excluding hydrogens is 314 g/mol. The summed E-state index contributed by atoms with van der Waals surface area (Å²) in [6.07, 6.45) is 6.61. The van der Waals surface area contributed by atoms with E-state index in [9.17, 15) is 4.79 Å². The van der Waals surface area contributed by atoms with Gasteiger partial charge in [0.05, 0.1) is 12.1 Å². The van der Waals surface area contributed by atoms with Gasteiger partial charge in [0.25, 0.3) is 0 Å². The topological polar surface area (TPSA) is 49.6 Å². The summed E-state index contributed by atoms with van der Waals surface area (Å²) in [6.45, 7) is 2.02. The van der Waals surface area contributed by atoms with Crippen LogP contribution in [0.15, 0.2) is 41.0 Å². The molecule has 1 aromatic heterocycles. The van der Waals surface area contributed by atoms with Gasteiger partial charge in [0.1, 0.15) is 6.26 Å². The van der Waals surface area contributed by atoms with Gasteiger partial charge in [-0.2, -0.15) is 0 Å². The first-order valence-electron chi connectivity index (χ1n) is 9.22. The number of carbonyl (C=O) groups excluding carboxylic acids is 1. The van der Waals surface area contributed by atoms with Crippen LogP contribution in [0.3, 0.4) is 0 Å². The van der Waals surface area contributed by atoms with Crippen LogP contribution in [-0.4, -0.2) is 52.9 Å². The average Bonchev–Trinajstić information content (AvgIpc) is 3.35. The van der Waals surface area contributed by atoms with Crippen molar-refractivity contribution in [3.63, 3.8) is 0 Å². The number of rotatable bonds is 4. The fourth-order valence-electron chi connectivity index (χ4n) is 4.28. The predicted octanol–water partition coefficient (Wildman–Crippen LogP) is 2.97. The molecule has 2 aliphatic rings. The Kier molecular flexibility index (Phi) is 4.57. The van der Waals surface area contributed by atoms with Crippen LogP contribution in [0, 0.1) is 0 Å². The number of nitrogens with zero attached hydrogens (tertiary/aromatic N) is 3. The second kappa shape index (κ2) is 7.00. The van der Waals surface area contributed by atoms with Crippen LogP contribution in [-0.2, 0) is 11.2 Å². The fourth-order valence-corrected chi connectivity index (χ4v) is 4.28. The Labute approximate surface area is 148 Å². The highest BCUT2D eigenvalue weighted by Gasteiger charge is 2.38. The number of amides is 1. The van der Waals surface area contributed by atoms with Crippen molar-refractivity contribution in [2.24, 2.45) is 0 Å². The van der Waals surface area contributed by atoms with Gasteiger partial charge < -0.3 is 14.2 Å². The molecule has 0 radical (unpaired) electrons. The molecule has 2 atom stereocenters. The summed E-state index contributed by atoms with van der Waals surface area (Å²) in [4.78, 5) is 21.9. The number of hydrogen-bond donors (Lipinski definition) is 0. The van der Waals surface area contributed by atoms with Crippen molar-refractivity contribution in [1.82, 2.24) is 14.8 Å². The van der Waals surface area contributed by atoms with Crippen molar-refractivity contribution in [1.29, 1.82) is 0 Å². The van der Waals surface area contributed by atoms with E-state index < -0.39 is 0 Å². The molecule has 3 heterocycles. The first-order chi connectivity index (χ1) is 12.2. The Morgan fingerprint density at radius 2 is 1.92 bits per heavy atom. The van der Waals surface area contributed by atoms with E-state index in [4.69, 9.17) is 4.42 Å². The van der Waals surface area contributed by atoms with Gasteiger partial charge in [-0.05, 0) is 51.4 Å². The van der Waals surface area contributed by atoms with Gasteiger partial charge in [-0.15, -0.1) is 0 Å². The summed E-state index contributed by atoms with van der Waals surface area (Å²) >= 11 is 0. The summed E-state index contributed by atoms with van der Waals surface area (Å²) in [5.74, 6) is 0.757. The first-order valence-corrected chi connectivity index (χ1v) is 9.22. The molecule has 0 spiro atoms. The summed E-state index contributed by atoms with van der Waals surface area (Å²) in [7, 11) is 2.18. The minimum absolute atomic E-state index is 0.177. The molecule has 2 unspecified atom stereocenters. The summed E-state index contributed by atoms with van der Waals surface area (Å²) in [5.41, 5.74) is 1.65. The molecule has 4 rings (SSSR count). The number of carbonyl (C=O) groups is 1. The fraction of sp³-hybridized carbons (Fsp3) is 0.500. The molecule has 2 aromatic rings. The van der Waals surface area contributed by atoms with Gasteiger partial charge >= 0.3 is 0 Å². The molecule has 1 aromatic carbocycles. The van der Waals surface area contributed by atoms with Crippen molar-refractivity contribution >= 4 is 5.91 Å². The van der Waals surface area contributed by atoms with Gasteiger partial charge in [0.15, 0.2) is 0 Å². The smallest absolute Gasteiger partial charge is 0.229 e. The zero-order chi connectivity index (χ0) is 17.2. The van der Waals surface area contributed by atoms with Crippen molar-refractivity contribution in [3.05, 3.63) is 42.3 Å². The van der Waals surface area contributed by atoms with Gasteiger partial charge in [0.2, 0.25) is 11.8 Å². The van der Waals surface area contributed by atoms with Crippen molar-refractivity contribution in [2.75, 3.05) is 20.1 Å². The summed E-state index contributed by atoms with van der Waals surface area (Å²) in [5, 5.41) is 0. The van der Waals surface area contributed by atoms with E-state index >= 15 is 0 Å². The molecule has 0 aliphatic carbocycles. The molecule has 5 heteroatoms. The molecule has 1 amide bonds. The number of likely N-dealkylation sites (N-methyl/N-ethyl adjacent to an activating group) is 1. The normalized spacial score (nSPS) is 24.1. The number of aromatic nitrogens is 1. The van der Waals surface area contributed by atoms with Crippen LogP contribution in [0.25, 0.3) is 11.5 Å². The molecule has 0 saturated carbocycles. The maximum Gasteiger partial charge on any atom is 0.229 e. The number of benzene rings is 1. The highest BCUT2D eigenvalue weighted by molar-refractivity contribution is 5.79. The molecule has 5 nitrogen and oxygen atoms in total.